The van der Waals surface area contributed by atoms with E-state index in [9.17, 15) is 5.11 Å². The van der Waals surface area contributed by atoms with Crippen LogP contribution in [-0.4, -0.2) is 5.11 Å². The zero-order valence-corrected chi connectivity index (χ0v) is 16.1. The first-order chi connectivity index (χ1) is 12.2. The minimum Gasteiger partial charge on any atom is -0.503 e. The van der Waals surface area contributed by atoms with Gasteiger partial charge in [-0.3, -0.25) is 0 Å². The van der Waals surface area contributed by atoms with Crippen LogP contribution >= 0.6 is 0 Å². The van der Waals surface area contributed by atoms with Gasteiger partial charge in [0.2, 0.25) is 0 Å². The van der Waals surface area contributed by atoms with Crippen LogP contribution in [0.25, 0.3) is 0 Å². The van der Waals surface area contributed by atoms with E-state index in [-0.39, 0.29) is 16.6 Å². The van der Waals surface area contributed by atoms with Gasteiger partial charge in [0.05, 0.1) is 0 Å². The third-order valence-corrected chi connectivity index (χ3v) is 5.57. The molecule has 0 aromatic heterocycles. The van der Waals surface area contributed by atoms with Gasteiger partial charge in [-0.05, 0) is 22.8 Å². The first-order valence-corrected chi connectivity index (χ1v) is 9.05. The highest BCUT2D eigenvalue weighted by atomic mass is 16.3. The van der Waals surface area contributed by atoms with Crippen LogP contribution < -0.4 is 5.73 Å². The Kier molecular flexibility index (Phi) is 4.64. The van der Waals surface area contributed by atoms with Gasteiger partial charge in [0.1, 0.15) is 0 Å². The van der Waals surface area contributed by atoms with Crippen molar-refractivity contribution in [3.8, 4) is 5.75 Å². The SMILES string of the molecule is CC(C)(c1ccccc1)c1cc([NH3+])c(O)c(C(C)(C)c2ccccc2)c1. The van der Waals surface area contributed by atoms with Crippen LogP contribution in [0.3, 0.4) is 0 Å². The first kappa shape index (κ1) is 18.2. The fraction of sp³-hybridized carbons (Fsp3) is 0.250. The molecule has 3 aromatic rings. The van der Waals surface area contributed by atoms with E-state index >= 15 is 0 Å². The Morgan fingerprint density at radius 3 is 1.62 bits per heavy atom. The summed E-state index contributed by atoms with van der Waals surface area (Å²) in [5.74, 6) is 0.284. The fourth-order valence-electron chi connectivity index (χ4n) is 3.56. The molecule has 3 aromatic carbocycles. The molecule has 3 rings (SSSR count). The Morgan fingerprint density at radius 1 is 0.654 bits per heavy atom. The van der Waals surface area contributed by atoms with Crippen LogP contribution in [0.5, 0.6) is 5.75 Å². The lowest BCUT2D eigenvalue weighted by Crippen LogP contribution is -2.41. The molecule has 0 fully saturated rings. The minimum absolute atomic E-state index is 0.178. The average Bonchev–Trinajstić information content (AvgIpc) is 2.65. The van der Waals surface area contributed by atoms with Gasteiger partial charge < -0.3 is 10.8 Å². The van der Waals surface area contributed by atoms with Crippen LogP contribution in [0.4, 0.5) is 5.69 Å². The molecule has 26 heavy (non-hydrogen) atoms. The molecule has 0 heterocycles. The largest absolute Gasteiger partial charge is 0.503 e. The average molecular weight is 346 g/mol. The lowest BCUT2D eigenvalue weighted by molar-refractivity contribution is -0.256. The highest BCUT2D eigenvalue weighted by Crippen LogP contribution is 2.43. The maximum Gasteiger partial charge on any atom is 0.181 e. The van der Waals surface area contributed by atoms with Crippen molar-refractivity contribution in [1.82, 2.24) is 0 Å². The van der Waals surface area contributed by atoms with E-state index < -0.39 is 0 Å². The van der Waals surface area contributed by atoms with Gasteiger partial charge in [0.15, 0.2) is 11.4 Å². The molecule has 0 bridgehead atoms. The van der Waals surface area contributed by atoms with E-state index in [0.717, 1.165) is 11.1 Å². The molecule has 0 spiro atoms. The predicted octanol–water partition coefficient (Wildman–Crippen LogP) is 4.92. The Balaban J connectivity index is 2.17. The molecule has 0 aliphatic carbocycles. The van der Waals surface area contributed by atoms with Crippen LogP contribution in [0, 0.1) is 0 Å². The summed E-state index contributed by atoms with van der Waals surface area (Å²) in [6, 6.07) is 24.9. The highest BCUT2D eigenvalue weighted by molar-refractivity contribution is 5.59. The number of quaternary nitrogens is 1. The summed E-state index contributed by atoms with van der Waals surface area (Å²) in [7, 11) is 0. The maximum atomic E-state index is 10.8. The highest BCUT2D eigenvalue weighted by Gasteiger charge is 2.32. The first-order valence-electron chi connectivity index (χ1n) is 9.05. The van der Waals surface area contributed by atoms with Gasteiger partial charge in [0, 0.05) is 22.5 Å². The molecule has 0 atom stereocenters. The van der Waals surface area contributed by atoms with Crippen LogP contribution in [-0.2, 0) is 10.8 Å². The lowest BCUT2D eigenvalue weighted by atomic mass is 9.72. The summed E-state index contributed by atoms with van der Waals surface area (Å²) in [5, 5.41) is 10.8. The number of hydrogen-bond donors (Lipinski definition) is 2. The number of rotatable bonds is 4. The molecule has 0 aliphatic heterocycles. The van der Waals surface area contributed by atoms with Gasteiger partial charge in [-0.1, -0.05) is 88.4 Å². The zero-order valence-electron chi connectivity index (χ0n) is 16.1. The molecule has 2 heteroatoms. The molecule has 4 N–H and O–H groups in total. The molecular weight excluding hydrogens is 318 g/mol. The van der Waals surface area contributed by atoms with Crippen molar-refractivity contribution in [2.45, 2.75) is 38.5 Å². The number of aromatic hydroxyl groups is 1. The number of phenols is 1. The fourth-order valence-corrected chi connectivity index (χ4v) is 3.56. The van der Waals surface area contributed by atoms with E-state index in [2.05, 4.69) is 75.9 Å². The van der Waals surface area contributed by atoms with Crippen LogP contribution in [0.2, 0.25) is 0 Å². The summed E-state index contributed by atoms with van der Waals surface area (Å²) in [4.78, 5) is 0. The topological polar surface area (TPSA) is 47.9 Å². The Labute approximate surface area is 156 Å². The Morgan fingerprint density at radius 2 is 1.12 bits per heavy atom. The van der Waals surface area contributed by atoms with Crippen molar-refractivity contribution in [2.75, 3.05) is 0 Å². The van der Waals surface area contributed by atoms with E-state index in [1.165, 1.54) is 11.1 Å². The van der Waals surface area contributed by atoms with Crippen LogP contribution in [0.1, 0.15) is 49.9 Å². The summed E-state index contributed by atoms with van der Waals surface area (Å²) < 4.78 is 0. The standard InChI is InChI=1S/C24H27NO/c1-23(2,17-11-7-5-8-12-17)19-15-20(22(26)21(25)16-19)24(3,4)18-13-9-6-10-14-18/h5-16,26H,25H2,1-4H3/p+1. The van der Waals surface area contributed by atoms with Gasteiger partial charge in [-0.15, -0.1) is 0 Å². The second-order valence-electron chi connectivity index (χ2n) is 8.01. The van der Waals surface area contributed by atoms with E-state index in [4.69, 9.17) is 0 Å². The molecule has 0 amide bonds. The van der Waals surface area contributed by atoms with Crippen molar-refractivity contribution in [3.05, 3.63) is 95.1 Å². The number of phenolic OH excluding ortho intramolecular Hbond substituents is 1. The van der Waals surface area contributed by atoms with E-state index in [1.54, 1.807) is 0 Å². The Hall–Kier alpha value is -2.58. The van der Waals surface area contributed by atoms with Gasteiger partial charge >= 0.3 is 0 Å². The number of hydrogen-bond acceptors (Lipinski definition) is 1. The molecule has 0 unspecified atom stereocenters. The normalized spacial score (nSPS) is 12.2. The van der Waals surface area contributed by atoms with Crippen molar-refractivity contribution in [1.29, 1.82) is 0 Å². The molecule has 0 aliphatic rings. The third kappa shape index (κ3) is 3.13. The maximum absolute atomic E-state index is 10.8. The summed E-state index contributed by atoms with van der Waals surface area (Å²) in [5.41, 5.74) is 8.77. The van der Waals surface area contributed by atoms with Crippen LogP contribution in [0.15, 0.2) is 72.8 Å². The Bertz CT molecular complexity index is 896. The quantitative estimate of drug-likeness (QED) is 0.692. The zero-order chi connectivity index (χ0) is 18.9. The van der Waals surface area contributed by atoms with Crippen molar-refractivity contribution in [3.63, 3.8) is 0 Å². The van der Waals surface area contributed by atoms with Gasteiger partial charge in [-0.25, -0.2) is 0 Å². The molecule has 134 valence electrons. The predicted molar refractivity (Wildman–Crippen MR) is 108 cm³/mol. The third-order valence-electron chi connectivity index (χ3n) is 5.57. The molecule has 0 radical (unpaired) electrons. The number of benzene rings is 3. The van der Waals surface area contributed by atoms with E-state index in [0.29, 0.717) is 5.69 Å². The van der Waals surface area contributed by atoms with Crippen molar-refractivity contribution < 1.29 is 10.8 Å². The minimum atomic E-state index is -0.319. The van der Waals surface area contributed by atoms with Gasteiger partial charge in [0.25, 0.3) is 0 Å². The second kappa shape index (κ2) is 6.62. The van der Waals surface area contributed by atoms with Crippen molar-refractivity contribution in [2.24, 2.45) is 0 Å². The lowest BCUT2D eigenvalue weighted by Gasteiger charge is -2.31. The molecular formula is C24H28NO+. The molecule has 0 saturated carbocycles. The monoisotopic (exact) mass is 346 g/mol. The van der Waals surface area contributed by atoms with Gasteiger partial charge in [-0.2, -0.15) is 0 Å². The molecule has 2 nitrogen and oxygen atoms in total. The van der Waals surface area contributed by atoms with E-state index in [1.807, 2.05) is 30.3 Å². The smallest absolute Gasteiger partial charge is 0.181 e. The summed E-state index contributed by atoms with van der Waals surface area (Å²) >= 11 is 0. The second-order valence-corrected chi connectivity index (χ2v) is 8.01. The van der Waals surface area contributed by atoms with Crippen molar-refractivity contribution >= 4 is 5.69 Å². The summed E-state index contributed by atoms with van der Waals surface area (Å²) in [6.45, 7) is 8.73. The summed E-state index contributed by atoms with van der Waals surface area (Å²) in [6.07, 6.45) is 0. The molecule has 0 saturated heterocycles.